The molecule has 0 radical (unpaired) electrons. The Bertz CT molecular complexity index is 321. The highest BCUT2D eigenvalue weighted by Gasteiger charge is 2.21. The van der Waals surface area contributed by atoms with Crippen LogP contribution < -0.4 is 0 Å². The van der Waals surface area contributed by atoms with Crippen LogP contribution in [-0.2, 0) is 0 Å². The maximum Gasteiger partial charge on any atom is 0.129 e. The van der Waals surface area contributed by atoms with Gasteiger partial charge in [0.1, 0.15) is 11.6 Å². The van der Waals surface area contributed by atoms with Crippen LogP contribution in [0.15, 0.2) is 18.2 Å². The van der Waals surface area contributed by atoms with Crippen LogP contribution in [0.2, 0.25) is 0 Å². The summed E-state index contributed by atoms with van der Waals surface area (Å²) in [5.74, 6) is -1.09. The minimum Gasteiger partial charge on any atom is -0.388 e. The van der Waals surface area contributed by atoms with E-state index < -0.39 is 17.7 Å². The molecule has 0 aliphatic rings. The molecule has 0 amide bonds. The van der Waals surface area contributed by atoms with Gasteiger partial charge in [0.15, 0.2) is 0 Å². The van der Waals surface area contributed by atoms with Crippen LogP contribution >= 0.6 is 0 Å². The molecule has 84 valence electrons. The van der Waals surface area contributed by atoms with Crippen LogP contribution in [0.25, 0.3) is 0 Å². The van der Waals surface area contributed by atoms with Crippen molar-refractivity contribution in [3.63, 3.8) is 0 Å². The predicted molar refractivity (Wildman–Crippen MR) is 55.4 cm³/mol. The zero-order chi connectivity index (χ0) is 11.4. The Labute approximate surface area is 88.7 Å². The molecule has 1 nitrogen and oxygen atoms in total. The average molecular weight is 214 g/mol. The minimum absolute atomic E-state index is 0.0266. The highest BCUT2D eigenvalue weighted by Crippen LogP contribution is 2.29. The quantitative estimate of drug-likeness (QED) is 0.814. The first-order valence-electron chi connectivity index (χ1n) is 5.23. The highest BCUT2D eigenvalue weighted by molar-refractivity contribution is 5.21. The second kappa shape index (κ2) is 5.21. The van der Waals surface area contributed by atoms with E-state index in [1.807, 2.05) is 13.8 Å². The molecular weight excluding hydrogens is 198 g/mol. The molecule has 1 atom stereocenters. The summed E-state index contributed by atoms with van der Waals surface area (Å²) in [6, 6.07) is 3.17. The molecule has 0 fully saturated rings. The van der Waals surface area contributed by atoms with E-state index in [-0.39, 0.29) is 11.5 Å². The first-order valence-corrected chi connectivity index (χ1v) is 5.23. The summed E-state index contributed by atoms with van der Waals surface area (Å²) >= 11 is 0. The average Bonchev–Trinajstić information content (AvgIpc) is 2.23. The SMILES string of the molecule is CCC(CC)C(O)c1cc(F)ccc1F. The zero-order valence-corrected chi connectivity index (χ0v) is 9.00. The Kier molecular flexibility index (Phi) is 4.21. The van der Waals surface area contributed by atoms with Crippen LogP contribution in [-0.4, -0.2) is 5.11 Å². The lowest BCUT2D eigenvalue weighted by Crippen LogP contribution is -2.12. The van der Waals surface area contributed by atoms with E-state index in [9.17, 15) is 13.9 Å². The van der Waals surface area contributed by atoms with Crippen molar-refractivity contribution in [1.29, 1.82) is 0 Å². The topological polar surface area (TPSA) is 20.2 Å². The van der Waals surface area contributed by atoms with Crippen LogP contribution in [0.3, 0.4) is 0 Å². The van der Waals surface area contributed by atoms with Gasteiger partial charge in [0, 0.05) is 5.56 Å². The molecule has 1 aromatic rings. The Morgan fingerprint density at radius 1 is 1.20 bits per heavy atom. The molecule has 0 aliphatic heterocycles. The van der Waals surface area contributed by atoms with Crippen LogP contribution in [0, 0.1) is 17.6 Å². The highest BCUT2D eigenvalue weighted by atomic mass is 19.1. The van der Waals surface area contributed by atoms with Crippen molar-refractivity contribution in [2.24, 2.45) is 5.92 Å². The summed E-state index contributed by atoms with van der Waals surface area (Å²) in [5.41, 5.74) is 0.0590. The lowest BCUT2D eigenvalue weighted by Gasteiger charge is -2.20. The summed E-state index contributed by atoms with van der Waals surface area (Å²) in [5, 5.41) is 9.88. The fraction of sp³-hybridized carbons (Fsp3) is 0.500. The standard InChI is InChI=1S/C12H16F2O/c1-3-8(4-2)12(15)10-7-9(13)5-6-11(10)14/h5-8,12,15H,3-4H2,1-2H3. The van der Waals surface area contributed by atoms with Crippen LogP contribution in [0.1, 0.15) is 38.4 Å². The van der Waals surface area contributed by atoms with Gasteiger partial charge in [-0.2, -0.15) is 0 Å². The Hall–Kier alpha value is -0.960. The molecule has 0 saturated carbocycles. The van der Waals surface area contributed by atoms with Gasteiger partial charge < -0.3 is 5.11 Å². The number of hydrogen-bond acceptors (Lipinski definition) is 1. The lowest BCUT2D eigenvalue weighted by molar-refractivity contribution is 0.0992. The first kappa shape index (κ1) is 12.1. The van der Waals surface area contributed by atoms with Crippen molar-refractivity contribution in [3.05, 3.63) is 35.4 Å². The summed E-state index contributed by atoms with van der Waals surface area (Å²) in [4.78, 5) is 0. The molecule has 15 heavy (non-hydrogen) atoms. The molecule has 1 aromatic carbocycles. The van der Waals surface area contributed by atoms with Gasteiger partial charge in [0.2, 0.25) is 0 Å². The zero-order valence-electron chi connectivity index (χ0n) is 9.00. The van der Waals surface area contributed by atoms with Gasteiger partial charge in [-0.15, -0.1) is 0 Å². The minimum atomic E-state index is -0.921. The molecule has 3 heteroatoms. The van der Waals surface area contributed by atoms with Gasteiger partial charge >= 0.3 is 0 Å². The third-order valence-corrected chi connectivity index (χ3v) is 2.77. The number of hydrogen-bond donors (Lipinski definition) is 1. The van der Waals surface area contributed by atoms with Gasteiger partial charge in [-0.25, -0.2) is 8.78 Å². The van der Waals surface area contributed by atoms with E-state index in [1.165, 1.54) is 0 Å². The van der Waals surface area contributed by atoms with Crippen molar-refractivity contribution in [1.82, 2.24) is 0 Å². The number of rotatable bonds is 4. The second-order valence-corrected chi connectivity index (χ2v) is 3.69. The summed E-state index contributed by atoms with van der Waals surface area (Å²) < 4.78 is 26.2. The molecule has 1 rings (SSSR count). The van der Waals surface area contributed by atoms with E-state index in [2.05, 4.69) is 0 Å². The van der Waals surface area contributed by atoms with Gasteiger partial charge in [-0.1, -0.05) is 26.7 Å². The van der Waals surface area contributed by atoms with Gasteiger partial charge in [-0.3, -0.25) is 0 Å². The maximum absolute atomic E-state index is 13.3. The molecule has 0 saturated heterocycles. The van der Waals surface area contributed by atoms with Crippen molar-refractivity contribution < 1.29 is 13.9 Å². The van der Waals surface area contributed by atoms with E-state index >= 15 is 0 Å². The predicted octanol–water partition coefficient (Wildman–Crippen LogP) is 3.43. The molecule has 1 N–H and O–H groups in total. The van der Waals surface area contributed by atoms with E-state index in [4.69, 9.17) is 0 Å². The number of aliphatic hydroxyl groups is 1. The van der Waals surface area contributed by atoms with Crippen LogP contribution in [0.5, 0.6) is 0 Å². The molecule has 0 bridgehead atoms. The largest absolute Gasteiger partial charge is 0.388 e. The van der Waals surface area contributed by atoms with Crippen molar-refractivity contribution in [2.45, 2.75) is 32.8 Å². The fourth-order valence-corrected chi connectivity index (χ4v) is 1.73. The molecule has 0 spiro atoms. The van der Waals surface area contributed by atoms with Crippen molar-refractivity contribution in [3.8, 4) is 0 Å². The van der Waals surface area contributed by atoms with Gasteiger partial charge in [0.25, 0.3) is 0 Å². The molecular formula is C12H16F2O. The summed E-state index contributed by atoms with van der Waals surface area (Å²) in [6.45, 7) is 3.85. The first-order chi connectivity index (χ1) is 7.10. The number of benzene rings is 1. The smallest absolute Gasteiger partial charge is 0.129 e. The van der Waals surface area contributed by atoms with Crippen molar-refractivity contribution in [2.75, 3.05) is 0 Å². The third kappa shape index (κ3) is 2.75. The Morgan fingerprint density at radius 2 is 1.80 bits per heavy atom. The molecule has 1 unspecified atom stereocenters. The molecule has 0 aromatic heterocycles. The Morgan fingerprint density at radius 3 is 2.33 bits per heavy atom. The van der Waals surface area contributed by atoms with Crippen LogP contribution in [0.4, 0.5) is 8.78 Å². The molecule has 0 aliphatic carbocycles. The normalized spacial score (nSPS) is 13.2. The van der Waals surface area contributed by atoms with E-state index in [0.717, 1.165) is 31.0 Å². The summed E-state index contributed by atoms with van der Waals surface area (Å²) in [7, 11) is 0. The number of halogens is 2. The monoisotopic (exact) mass is 214 g/mol. The van der Waals surface area contributed by atoms with Crippen molar-refractivity contribution >= 4 is 0 Å². The summed E-state index contributed by atoms with van der Waals surface area (Å²) in [6.07, 6.45) is 0.567. The van der Waals surface area contributed by atoms with E-state index in [0.29, 0.717) is 0 Å². The van der Waals surface area contributed by atoms with E-state index in [1.54, 1.807) is 0 Å². The second-order valence-electron chi connectivity index (χ2n) is 3.69. The molecule has 0 heterocycles. The Balaban J connectivity index is 2.98. The number of aliphatic hydroxyl groups excluding tert-OH is 1. The third-order valence-electron chi connectivity index (χ3n) is 2.77. The fourth-order valence-electron chi connectivity index (χ4n) is 1.73. The maximum atomic E-state index is 13.3. The van der Waals surface area contributed by atoms with Gasteiger partial charge in [-0.05, 0) is 24.1 Å². The van der Waals surface area contributed by atoms with Gasteiger partial charge in [0.05, 0.1) is 6.10 Å². The lowest BCUT2D eigenvalue weighted by atomic mass is 9.91.